The summed E-state index contributed by atoms with van der Waals surface area (Å²) in [6.45, 7) is 0. The molecule has 166 valence electrons. The third-order valence-electron chi connectivity index (χ3n) is 4.82. The molecule has 8 heteroatoms. The average molecular weight is 478 g/mol. The number of benzene rings is 3. The van der Waals surface area contributed by atoms with E-state index in [1.807, 2.05) is 18.2 Å². The maximum atomic E-state index is 13.1. The van der Waals surface area contributed by atoms with Crippen LogP contribution in [0.5, 0.6) is 17.2 Å². The fourth-order valence-electron chi connectivity index (χ4n) is 3.23. The summed E-state index contributed by atoms with van der Waals surface area (Å²) < 4.78 is 16.7. The first-order chi connectivity index (χ1) is 16.0. The molecule has 0 radical (unpaired) electrons. The Morgan fingerprint density at radius 2 is 1.61 bits per heavy atom. The Hall–Kier alpha value is -3.62. The van der Waals surface area contributed by atoms with E-state index < -0.39 is 5.97 Å². The van der Waals surface area contributed by atoms with Crippen molar-refractivity contribution in [2.75, 3.05) is 19.1 Å². The summed E-state index contributed by atoms with van der Waals surface area (Å²) in [6, 6.07) is 21.0. The summed E-state index contributed by atoms with van der Waals surface area (Å²) in [5.41, 5.74) is 1.72. The number of thioether (sulfide) groups is 1. The van der Waals surface area contributed by atoms with E-state index >= 15 is 0 Å². The lowest BCUT2D eigenvalue weighted by Crippen LogP contribution is -2.27. The molecule has 6 nitrogen and oxygen atoms in total. The number of methoxy groups -OCH3 is 2. The lowest BCUT2D eigenvalue weighted by molar-refractivity contribution is -0.113. The van der Waals surface area contributed by atoms with Crippen LogP contribution in [0.4, 0.5) is 5.69 Å². The SMILES string of the molecule is COc1cc(C=C2SC(=S)N(c3ccccc3OC)C2=O)ccc1OC(=O)c1ccccc1. The number of hydrogen-bond acceptors (Lipinski definition) is 7. The Labute approximate surface area is 200 Å². The Kier molecular flexibility index (Phi) is 6.76. The van der Waals surface area contributed by atoms with Crippen LogP contribution in [0.15, 0.2) is 77.7 Å². The summed E-state index contributed by atoms with van der Waals surface area (Å²) in [4.78, 5) is 27.4. The number of hydrogen-bond donors (Lipinski definition) is 0. The second-order valence-electron chi connectivity index (χ2n) is 6.85. The molecule has 1 aliphatic heterocycles. The summed E-state index contributed by atoms with van der Waals surface area (Å²) >= 11 is 6.66. The van der Waals surface area contributed by atoms with Crippen molar-refractivity contribution >= 4 is 51.9 Å². The van der Waals surface area contributed by atoms with E-state index in [-0.39, 0.29) is 11.7 Å². The number of ether oxygens (including phenoxy) is 3. The molecule has 33 heavy (non-hydrogen) atoms. The lowest BCUT2D eigenvalue weighted by Gasteiger charge is -2.17. The molecule has 0 aliphatic carbocycles. The van der Waals surface area contributed by atoms with Gasteiger partial charge in [0.05, 0.1) is 30.4 Å². The van der Waals surface area contributed by atoms with E-state index in [0.29, 0.717) is 37.5 Å². The number of anilines is 1. The molecule has 1 saturated heterocycles. The van der Waals surface area contributed by atoms with Gasteiger partial charge in [-0.15, -0.1) is 0 Å². The van der Waals surface area contributed by atoms with Crippen LogP contribution in [0.1, 0.15) is 15.9 Å². The van der Waals surface area contributed by atoms with Crippen LogP contribution in [0, 0.1) is 0 Å². The Morgan fingerprint density at radius 3 is 2.33 bits per heavy atom. The van der Waals surface area contributed by atoms with Crippen molar-refractivity contribution in [3.63, 3.8) is 0 Å². The second-order valence-corrected chi connectivity index (χ2v) is 8.53. The zero-order chi connectivity index (χ0) is 23.4. The summed E-state index contributed by atoms with van der Waals surface area (Å²) in [6.07, 6.45) is 1.72. The van der Waals surface area contributed by atoms with Crippen molar-refractivity contribution in [3.8, 4) is 17.2 Å². The first-order valence-corrected chi connectivity index (χ1v) is 11.1. The van der Waals surface area contributed by atoms with Gasteiger partial charge in [-0.05, 0) is 48.0 Å². The third kappa shape index (κ3) is 4.76. The largest absolute Gasteiger partial charge is 0.495 e. The van der Waals surface area contributed by atoms with Gasteiger partial charge in [0.2, 0.25) is 0 Å². The van der Waals surface area contributed by atoms with Crippen LogP contribution in [0.25, 0.3) is 6.08 Å². The molecule has 0 aromatic heterocycles. The number of esters is 1. The van der Waals surface area contributed by atoms with Crippen LogP contribution in [-0.4, -0.2) is 30.4 Å². The Morgan fingerprint density at radius 1 is 0.909 bits per heavy atom. The normalized spacial score (nSPS) is 14.5. The topological polar surface area (TPSA) is 65.1 Å². The summed E-state index contributed by atoms with van der Waals surface area (Å²) in [7, 11) is 3.03. The number of rotatable bonds is 6. The highest BCUT2D eigenvalue weighted by atomic mass is 32.2. The molecular weight excluding hydrogens is 458 g/mol. The van der Waals surface area contributed by atoms with Gasteiger partial charge in [-0.3, -0.25) is 9.69 Å². The quantitative estimate of drug-likeness (QED) is 0.206. The molecule has 4 rings (SSSR count). The fraction of sp³-hybridized carbons (Fsp3) is 0.0800. The van der Waals surface area contributed by atoms with Crippen molar-refractivity contribution in [1.29, 1.82) is 0 Å². The van der Waals surface area contributed by atoms with Gasteiger partial charge in [0.25, 0.3) is 5.91 Å². The van der Waals surface area contributed by atoms with Gasteiger partial charge >= 0.3 is 5.97 Å². The van der Waals surface area contributed by atoms with Crippen molar-refractivity contribution < 1.29 is 23.8 Å². The average Bonchev–Trinajstić information content (AvgIpc) is 3.12. The predicted molar refractivity (Wildman–Crippen MR) is 133 cm³/mol. The van der Waals surface area contributed by atoms with E-state index in [1.165, 1.54) is 23.8 Å². The number of nitrogens with zero attached hydrogens (tertiary/aromatic N) is 1. The summed E-state index contributed by atoms with van der Waals surface area (Å²) in [5, 5.41) is 0. The standard InChI is InChI=1S/C25H19NO5S2/c1-29-19-11-7-6-10-18(19)26-23(27)22(33-25(26)32)15-16-12-13-20(21(14-16)30-2)31-24(28)17-8-4-3-5-9-17/h3-15H,1-2H3. The van der Waals surface area contributed by atoms with Crippen LogP contribution < -0.4 is 19.1 Å². The highest BCUT2D eigenvalue weighted by Crippen LogP contribution is 2.40. The molecule has 0 spiro atoms. The number of carbonyl (C=O) groups excluding carboxylic acids is 2. The van der Waals surface area contributed by atoms with Crippen LogP contribution >= 0.6 is 24.0 Å². The van der Waals surface area contributed by atoms with Crippen molar-refractivity contribution in [3.05, 3.63) is 88.8 Å². The van der Waals surface area contributed by atoms with Crippen molar-refractivity contribution in [2.45, 2.75) is 0 Å². The predicted octanol–water partition coefficient (Wildman–Crippen LogP) is 5.33. The Bertz CT molecular complexity index is 1260. The maximum Gasteiger partial charge on any atom is 0.343 e. The van der Waals surface area contributed by atoms with Gasteiger partial charge in [0, 0.05) is 0 Å². The molecule has 0 atom stereocenters. The smallest absolute Gasteiger partial charge is 0.343 e. The molecule has 1 aliphatic rings. The fourth-order valence-corrected chi connectivity index (χ4v) is 4.52. The van der Waals surface area contributed by atoms with Gasteiger partial charge in [-0.25, -0.2) is 4.79 Å². The number of para-hydroxylation sites is 2. The molecular formula is C25H19NO5S2. The van der Waals surface area contributed by atoms with Gasteiger partial charge < -0.3 is 14.2 Å². The monoisotopic (exact) mass is 477 g/mol. The molecule has 3 aromatic carbocycles. The zero-order valence-corrected chi connectivity index (χ0v) is 19.4. The van der Waals surface area contributed by atoms with Crippen LogP contribution in [-0.2, 0) is 4.79 Å². The maximum absolute atomic E-state index is 13.1. The molecule has 0 N–H and O–H groups in total. The van der Waals surface area contributed by atoms with E-state index in [9.17, 15) is 9.59 Å². The molecule has 0 unspecified atom stereocenters. The van der Waals surface area contributed by atoms with E-state index in [2.05, 4.69) is 0 Å². The van der Waals surface area contributed by atoms with Gasteiger partial charge in [-0.1, -0.05) is 60.4 Å². The van der Waals surface area contributed by atoms with Crippen LogP contribution in [0.3, 0.4) is 0 Å². The molecule has 1 heterocycles. The molecule has 3 aromatic rings. The number of amides is 1. The minimum absolute atomic E-state index is 0.243. The van der Waals surface area contributed by atoms with E-state index in [4.69, 9.17) is 26.4 Å². The lowest BCUT2D eigenvalue weighted by atomic mass is 10.1. The molecule has 1 amide bonds. The zero-order valence-electron chi connectivity index (χ0n) is 17.8. The third-order valence-corrected chi connectivity index (χ3v) is 6.12. The molecule has 1 fully saturated rings. The first-order valence-electron chi connectivity index (χ1n) is 9.88. The second kappa shape index (κ2) is 9.89. The minimum Gasteiger partial charge on any atom is -0.495 e. The number of thiocarbonyl (C=S) groups is 1. The molecule has 0 saturated carbocycles. The van der Waals surface area contributed by atoms with Gasteiger partial charge in [0.1, 0.15) is 5.75 Å². The number of carbonyl (C=O) groups is 2. The highest BCUT2D eigenvalue weighted by Gasteiger charge is 2.34. The van der Waals surface area contributed by atoms with Crippen molar-refractivity contribution in [2.24, 2.45) is 0 Å². The van der Waals surface area contributed by atoms with Crippen LogP contribution in [0.2, 0.25) is 0 Å². The van der Waals surface area contributed by atoms with Gasteiger partial charge in [0.15, 0.2) is 15.8 Å². The summed E-state index contributed by atoms with van der Waals surface area (Å²) in [5.74, 6) is 0.479. The van der Waals surface area contributed by atoms with E-state index in [1.54, 1.807) is 67.8 Å². The first kappa shape index (κ1) is 22.6. The Balaban J connectivity index is 1.58. The van der Waals surface area contributed by atoms with Gasteiger partial charge in [-0.2, -0.15) is 0 Å². The minimum atomic E-state index is -0.487. The van der Waals surface area contributed by atoms with Crippen molar-refractivity contribution in [1.82, 2.24) is 0 Å². The highest BCUT2D eigenvalue weighted by molar-refractivity contribution is 8.27. The van der Waals surface area contributed by atoms with E-state index in [0.717, 1.165) is 0 Å². The molecule has 0 bridgehead atoms.